The lowest BCUT2D eigenvalue weighted by Crippen LogP contribution is -2.53. The highest BCUT2D eigenvalue weighted by Gasteiger charge is 2.37. The second-order valence-corrected chi connectivity index (χ2v) is 8.55. The molecule has 2 atom stereocenters. The Kier molecular flexibility index (Phi) is 4.49. The predicted molar refractivity (Wildman–Crippen MR) is 106 cm³/mol. The summed E-state index contributed by atoms with van der Waals surface area (Å²) in [4.78, 5) is 27.8. The molecule has 2 aromatic heterocycles. The number of nitrogens with zero attached hydrogens (tertiary/aromatic N) is 2. The maximum Gasteiger partial charge on any atom is 0.317 e. The number of nitrogens with one attached hydrogen (secondary N) is 1. The first-order valence-electron chi connectivity index (χ1n) is 10.5. The molecule has 1 N–H and O–H groups in total. The predicted octanol–water partition coefficient (Wildman–Crippen LogP) is 3.57. The first-order chi connectivity index (χ1) is 13.7. The number of carbonyl (C=O) groups is 1. The summed E-state index contributed by atoms with van der Waals surface area (Å²) in [5.74, 6) is 1.17. The molecule has 3 aliphatic rings. The number of piperidine rings is 1. The molecule has 28 heavy (non-hydrogen) atoms. The van der Waals surface area contributed by atoms with E-state index < -0.39 is 0 Å². The fraction of sp³-hybridized carbons (Fsp3) is 0.545. The summed E-state index contributed by atoms with van der Waals surface area (Å²) in [7, 11) is 0. The van der Waals surface area contributed by atoms with Crippen LogP contribution in [0.4, 0.5) is 4.79 Å². The number of furan rings is 1. The van der Waals surface area contributed by atoms with Gasteiger partial charge in [0, 0.05) is 37.3 Å². The van der Waals surface area contributed by atoms with Gasteiger partial charge in [-0.1, -0.05) is 19.3 Å². The average Bonchev–Trinajstić information content (AvgIpc) is 3.24. The maximum absolute atomic E-state index is 13.0. The molecule has 2 bridgehead atoms. The number of fused-ring (bicyclic) bond motifs is 4. The molecule has 2 aromatic rings. The summed E-state index contributed by atoms with van der Waals surface area (Å²) >= 11 is 0. The molecule has 0 unspecified atom stereocenters. The topological polar surface area (TPSA) is 67.5 Å². The number of hydrogen-bond acceptors (Lipinski definition) is 3. The van der Waals surface area contributed by atoms with Crippen LogP contribution >= 0.6 is 0 Å². The van der Waals surface area contributed by atoms with Gasteiger partial charge in [0.1, 0.15) is 5.76 Å². The third kappa shape index (κ3) is 3.15. The minimum absolute atomic E-state index is 0.0160. The second-order valence-electron chi connectivity index (χ2n) is 8.55. The Morgan fingerprint density at radius 2 is 1.93 bits per heavy atom. The molecule has 1 saturated heterocycles. The molecule has 148 valence electrons. The summed E-state index contributed by atoms with van der Waals surface area (Å²) in [5.41, 5.74) is 1.68. The Balaban J connectivity index is 1.36. The Morgan fingerprint density at radius 3 is 2.71 bits per heavy atom. The van der Waals surface area contributed by atoms with E-state index in [9.17, 15) is 9.59 Å². The fourth-order valence-electron chi connectivity index (χ4n) is 5.24. The van der Waals surface area contributed by atoms with E-state index in [2.05, 4.69) is 5.32 Å². The summed E-state index contributed by atoms with van der Waals surface area (Å²) in [5, 5.41) is 3.25. The number of hydrogen-bond donors (Lipinski definition) is 1. The molecule has 1 aliphatic carbocycles. The number of carbonyl (C=O) groups excluding carboxylic acids is 1. The Hall–Kier alpha value is -2.50. The van der Waals surface area contributed by atoms with E-state index in [1.165, 1.54) is 19.3 Å². The minimum Gasteiger partial charge on any atom is -0.464 e. The number of urea groups is 1. The van der Waals surface area contributed by atoms with Crippen molar-refractivity contribution < 1.29 is 9.21 Å². The van der Waals surface area contributed by atoms with Crippen molar-refractivity contribution in [2.45, 2.75) is 57.0 Å². The van der Waals surface area contributed by atoms with E-state index in [0.717, 1.165) is 31.5 Å². The lowest BCUT2D eigenvalue weighted by molar-refractivity contribution is 0.127. The molecular formula is C22H27N3O3. The minimum atomic E-state index is 0.0160. The van der Waals surface area contributed by atoms with Gasteiger partial charge in [-0.25, -0.2) is 4.79 Å². The van der Waals surface area contributed by atoms with Gasteiger partial charge >= 0.3 is 6.03 Å². The van der Waals surface area contributed by atoms with Gasteiger partial charge < -0.3 is 19.2 Å². The van der Waals surface area contributed by atoms with Crippen molar-refractivity contribution in [3.8, 4) is 11.3 Å². The highest BCUT2D eigenvalue weighted by atomic mass is 16.3. The number of rotatable bonds is 2. The first-order valence-corrected chi connectivity index (χ1v) is 10.5. The Morgan fingerprint density at radius 1 is 1.07 bits per heavy atom. The average molecular weight is 381 g/mol. The van der Waals surface area contributed by atoms with E-state index in [-0.39, 0.29) is 17.5 Å². The smallest absolute Gasteiger partial charge is 0.317 e. The standard InChI is InChI=1S/C22H27N3O3/c26-21-18(20-7-4-10-28-20)8-9-19-16-11-15(13-25(19)21)12-24(14-16)22(27)23-17-5-2-1-3-6-17/h4,7-10,15-17H,1-3,5-6,11-14H2,(H,23,27)/t15-,16+/m0/s1. The molecule has 6 heteroatoms. The van der Waals surface area contributed by atoms with Gasteiger partial charge in [0.05, 0.1) is 11.8 Å². The molecule has 4 heterocycles. The lowest BCUT2D eigenvalue weighted by Gasteiger charge is -2.43. The zero-order valence-corrected chi connectivity index (χ0v) is 16.1. The molecule has 1 saturated carbocycles. The van der Waals surface area contributed by atoms with Crippen molar-refractivity contribution in [3.05, 3.63) is 46.6 Å². The van der Waals surface area contributed by atoms with Gasteiger partial charge in [-0.2, -0.15) is 0 Å². The first kappa shape index (κ1) is 17.6. The van der Waals surface area contributed by atoms with Crippen molar-refractivity contribution in [2.75, 3.05) is 13.1 Å². The number of aromatic nitrogens is 1. The van der Waals surface area contributed by atoms with Crippen LogP contribution in [0.1, 0.15) is 50.1 Å². The molecule has 2 aliphatic heterocycles. The normalized spacial score (nSPS) is 24.6. The van der Waals surface area contributed by atoms with Gasteiger partial charge in [-0.05, 0) is 49.4 Å². The Labute approximate surface area is 164 Å². The Bertz CT molecular complexity index is 912. The van der Waals surface area contributed by atoms with Gasteiger partial charge in [-0.3, -0.25) is 4.79 Å². The van der Waals surface area contributed by atoms with Crippen LogP contribution in [0, 0.1) is 5.92 Å². The molecule has 0 spiro atoms. The monoisotopic (exact) mass is 381 g/mol. The molecule has 0 radical (unpaired) electrons. The highest BCUT2D eigenvalue weighted by molar-refractivity contribution is 5.74. The van der Waals surface area contributed by atoms with Crippen molar-refractivity contribution in [1.82, 2.24) is 14.8 Å². The van der Waals surface area contributed by atoms with Crippen LogP contribution in [0.25, 0.3) is 11.3 Å². The van der Waals surface area contributed by atoms with E-state index in [1.54, 1.807) is 12.3 Å². The number of pyridine rings is 1. The summed E-state index contributed by atoms with van der Waals surface area (Å²) in [6.07, 6.45) is 8.55. The summed E-state index contributed by atoms with van der Waals surface area (Å²) in [6, 6.07) is 7.94. The van der Waals surface area contributed by atoms with E-state index >= 15 is 0 Å². The van der Waals surface area contributed by atoms with Gasteiger partial charge in [-0.15, -0.1) is 0 Å². The van der Waals surface area contributed by atoms with Gasteiger partial charge in [0.2, 0.25) is 0 Å². The maximum atomic E-state index is 13.0. The zero-order chi connectivity index (χ0) is 19.1. The van der Waals surface area contributed by atoms with Crippen LogP contribution in [0.5, 0.6) is 0 Å². The molecule has 2 amide bonds. The van der Waals surface area contributed by atoms with E-state index in [1.807, 2.05) is 27.7 Å². The summed E-state index contributed by atoms with van der Waals surface area (Å²) < 4.78 is 7.34. The third-order valence-corrected chi connectivity index (χ3v) is 6.61. The molecule has 6 nitrogen and oxygen atoms in total. The van der Waals surface area contributed by atoms with Crippen LogP contribution in [-0.2, 0) is 6.54 Å². The molecule has 2 fully saturated rings. The molecule has 5 rings (SSSR count). The van der Waals surface area contributed by atoms with Crippen molar-refractivity contribution in [2.24, 2.45) is 5.92 Å². The van der Waals surface area contributed by atoms with Crippen LogP contribution in [-0.4, -0.2) is 34.6 Å². The van der Waals surface area contributed by atoms with Gasteiger partial charge in [0.15, 0.2) is 0 Å². The number of amides is 2. The van der Waals surface area contributed by atoms with Crippen LogP contribution in [0.3, 0.4) is 0 Å². The quantitative estimate of drug-likeness (QED) is 0.865. The lowest BCUT2D eigenvalue weighted by atomic mass is 9.83. The van der Waals surface area contributed by atoms with Crippen LogP contribution < -0.4 is 10.9 Å². The fourth-order valence-corrected chi connectivity index (χ4v) is 5.24. The van der Waals surface area contributed by atoms with Crippen LogP contribution in [0.15, 0.2) is 39.7 Å². The van der Waals surface area contributed by atoms with Crippen molar-refractivity contribution >= 4 is 6.03 Å². The zero-order valence-electron chi connectivity index (χ0n) is 16.1. The molecular weight excluding hydrogens is 354 g/mol. The highest BCUT2D eigenvalue weighted by Crippen LogP contribution is 2.36. The third-order valence-electron chi connectivity index (χ3n) is 6.61. The SMILES string of the molecule is O=C(NC1CCCCC1)N1C[C@@H]2C[C@H](C1)c1ccc(-c3ccco3)c(=O)n1C2. The molecule has 0 aromatic carbocycles. The largest absolute Gasteiger partial charge is 0.464 e. The van der Waals surface area contributed by atoms with E-state index in [0.29, 0.717) is 36.4 Å². The summed E-state index contributed by atoms with van der Waals surface area (Å²) in [6.45, 7) is 2.09. The van der Waals surface area contributed by atoms with E-state index in [4.69, 9.17) is 4.42 Å². The van der Waals surface area contributed by atoms with Crippen LogP contribution in [0.2, 0.25) is 0 Å². The van der Waals surface area contributed by atoms with Crippen molar-refractivity contribution in [1.29, 1.82) is 0 Å². The number of likely N-dealkylation sites (tertiary alicyclic amines) is 1. The van der Waals surface area contributed by atoms with Crippen molar-refractivity contribution in [3.63, 3.8) is 0 Å². The van der Waals surface area contributed by atoms with Gasteiger partial charge in [0.25, 0.3) is 5.56 Å². The second kappa shape index (κ2) is 7.15.